The molecule has 0 aliphatic rings. The van der Waals surface area contributed by atoms with Gasteiger partial charge in [0.05, 0.1) is 6.61 Å². The molecule has 0 unspecified atom stereocenters. The van der Waals surface area contributed by atoms with E-state index in [4.69, 9.17) is 4.74 Å². The predicted octanol–water partition coefficient (Wildman–Crippen LogP) is 2.02. The smallest absolute Gasteiger partial charge is 0.331 e. The van der Waals surface area contributed by atoms with Crippen molar-refractivity contribution in [2.45, 2.75) is 58.9 Å². The Kier molecular flexibility index (Phi) is 6.77. The van der Waals surface area contributed by atoms with E-state index in [9.17, 15) is 9.59 Å². The molecule has 0 spiro atoms. The highest BCUT2D eigenvalue weighted by atomic mass is 16.5. The van der Waals surface area contributed by atoms with Crippen LogP contribution in [0.3, 0.4) is 0 Å². The maximum absolute atomic E-state index is 11.9. The van der Waals surface area contributed by atoms with E-state index in [-0.39, 0.29) is 11.9 Å². The molecule has 16 heavy (non-hydrogen) atoms. The number of esters is 1. The third-order valence-electron chi connectivity index (χ3n) is 2.64. The normalized spacial score (nSPS) is 14.0. The lowest BCUT2D eigenvalue weighted by Gasteiger charge is -2.30. The van der Waals surface area contributed by atoms with Crippen LogP contribution in [0.1, 0.15) is 53.4 Å². The summed E-state index contributed by atoms with van der Waals surface area (Å²) in [5.74, 6) is -0.507. The van der Waals surface area contributed by atoms with Crippen molar-refractivity contribution in [1.29, 1.82) is 0 Å². The summed E-state index contributed by atoms with van der Waals surface area (Å²) in [5.41, 5.74) is -0.835. The third kappa shape index (κ3) is 4.21. The van der Waals surface area contributed by atoms with Crippen molar-refractivity contribution in [1.82, 2.24) is 5.32 Å². The first-order chi connectivity index (χ1) is 7.52. The van der Waals surface area contributed by atoms with Crippen LogP contribution in [0.15, 0.2) is 0 Å². The number of ether oxygens (including phenoxy) is 1. The molecule has 0 saturated carbocycles. The second-order valence-electron chi connectivity index (χ2n) is 3.94. The minimum absolute atomic E-state index is 0.189. The van der Waals surface area contributed by atoms with Gasteiger partial charge in [-0.3, -0.25) is 4.79 Å². The van der Waals surface area contributed by atoms with E-state index in [0.29, 0.717) is 19.4 Å². The summed E-state index contributed by atoms with van der Waals surface area (Å²) in [4.78, 5) is 23.1. The number of rotatable bonds is 7. The molecule has 0 aliphatic heterocycles. The Morgan fingerprint density at radius 3 is 2.25 bits per heavy atom. The summed E-state index contributed by atoms with van der Waals surface area (Å²) in [6.07, 6.45) is 3.08. The summed E-state index contributed by atoms with van der Waals surface area (Å²) < 4.78 is 5.04. The summed E-state index contributed by atoms with van der Waals surface area (Å²) in [6.45, 7) is 7.48. The molecular weight excluding hydrogens is 206 g/mol. The lowest BCUT2D eigenvalue weighted by molar-refractivity contribution is -0.153. The van der Waals surface area contributed by atoms with Gasteiger partial charge in [0.15, 0.2) is 0 Å². The van der Waals surface area contributed by atoms with Gasteiger partial charge in [0.1, 0.15) is 5.54 Å². The molecule has 4 nitrogen and oxygen atoms in total. The molecule has 0 heterocycles. The van der Waals surface area contributed by atoms with E-state index in [1.165, 1.54) is 6.92 Å². The first-order valence-electron chi connectivity index (χ1n) is 5.98. The predicted molar refractivity (Wildman–Crippen MR) is 63.0 cm³/mol. The molecule has 1 N–H and O–H groups in total. The number of unbranched alkanes of at least 4 members (excludes halogenated alkanes) is 1. The SMILES string of the molecule is CCCC[C@](CC)(NC(C)=O)C(=O)OCC. The highest BCUT2D eigenvalue weighted by Crippen LogP contribution is 2.20. The lowest BCUT2D eigenvalue weighted by atomic mass is 9.89. The van der Waals surface area contributed by atoms with E-state index >= 15 is 0 Å². The van der Waals surface area contributed by atoms with Crippen LogP contribution in [0, 0.1) is 0 Å². The highest BCUT2D eigenvalue weighted by molar-refractivity contribution is 5.87. The second-order valence-corrected chi connectivity index (χ2v) is 3.94. The van der Waals surface area contributed by atoms with Gasteiger partial charge in [0, 0.05) is 6.92 Å². The molecule has 1 amide bonds. The van der Waals surface area contributed by atoms with Gasteiger partial charge in [-0.1, -0.05) is 26.7 Å². The Hall–Kier alpha value is -1.06. The Morgan fingerprint density at radius 2 is 1.88 bits per heavy atom. The first-order valence-corrected chi connectivity index (χ1v) is 5.98. The zero-order chi connectivity index (χ0) is 12.6. The van der Waals surface area contributed by atoms with Gasteiger partial charge in [-0.2, -0.15) is 0 Å². The van der Waals surface area contributed by atoms with Crippen molar-refractivity contribution < 1.29 is 14.3 Å². The zero-order valence-corrected chi connectivity index (χ0v) is 10.8. The van der Waals surface area contributed by atoms with Crippen molar-refractivity contribution in [3.63, 3.8) is 0 Å². The van der Waals surface area contributed by atoms with E-state index in [0.717, 1.165) is 12.8 Å². The fourth-order valence-electron chi connectivity index (χ4n) is 1.71. The van der Waals surface area contributed by atoms with Crippen molar-refractivity contribution in [2.75, 3.05) is 6.61 Å². The molecule has 0 bridgehead atoms. The van der Waals surface area contributed by atoms with E-state index < -0.39 is 5.54 Å². The van der Waals surface area contributed by atoms with Crippen LogP contribution in [0.5, 0.6) is 0 Å². The summed E-state index contributed by atoms with van der Waals surface area (Å²) >= 11 is 0. The van der Waals surface area contributed by atoms with Gasteiger partial charge in [-0.25, -0.2) is 4.79 Å². The molecule has 0 aromatic heterocycles. The molecule has 4 heteroatoms. The van der Waals surface area contributed by atoms with Crippen LogP contribution in [-0.2, 0) is 14.3 Å². The van der Waals surface area contributed by atoms with Crippen LogP contribution >= 0.6 is 0 Å². The van der Waals surface area contributed by atoms with Crippen LogP contribution < -0.4 is 5.32 Å². The highest BCUT2D eigenvalue weighted by Gasteiger charge is 2.38. The minimum atomic E-state index is -0.835. The molecule has 0 rings (SSSR count). The number of hydrogen-bond acceptors (Lipinski definition) is 3. The average molecular weight is 229 g/mol. The van der Waals surface area contributed by atoms with Gasteiger partial charge in [0.2, 0.25) is 5.91 Å². The maximum Gasteiger partial charge on any atom is 0.331 e. The van der Waals surface area contributed by atoms with Crippen molar-refractivity contribution in [3.05, 3.63) is 0 Å². The summed E-state index contributed by atoms with van der Waals surface area (Å²) in [6, 6.07) is 0. The Balaban J connectivity index is 4.78. The quantitative estimate of drug-likeness (QED) is 0.679. The molecule has 0 aromatic carbocycles. The number of amides is 1. The van der Waals surface area contributed by atoms with E-state index in [2.05, 4.69) is 12.2 Å². The maximum atomic E-state index is 11.9. The van der Waals surface area contributed by atoms with Crippen LogP contribution in [-0.4, -0.2) is 24.0 Å². The van der Waals surface area contributed by atoms with Crippen molar-refractivity contribution >= 4 is 11.9 Å². The van der Waals surface area contributed by atoms with Gasteiger partial charge < -0.3 is 10.1 Å². The molecular formula is C12H23NO3. The van der Waals surface area contributed by atoms with Crippen LogP contribution in [0.4, 0.5) is 0 Å². The van der Waals surface area contributed by atoms with Crippen molar-refractivity contribution in [2.24, 2.45) is 0 Å². The van der Waals surface area contributed by atoms with Crippen LogP contribution in [0.25, 0.3) is 0 Å². The molecule has 0 radical (unpaired) electrons. The van der Waals surface area contributed by atoms with Gasteiger partial charge in [0.25, 0.3) is 0 Å². The fourth-order valence-corrected chi connectivity index (χ4v) is 1.71. The standard InChI is InChI=1S/C12H23NO3/c1-5-8-9-12(6-2,13-10(4)14)11(15)16-7-3/h5-9H2,1-4H3,(H,13,14)/t12-/m0/s1. The Morgan fingerprint density at radius 1 is 1.25 bits per heavy atom. The molecule has 0 aliphatic carbocycles. The minimum Gasteiger partial charge on any atom is -0.464 e. The molecule has 0 saturated heterocycles. The Labute approximate surface area is 97.7 Å². The largest absolute Gasteiger partial charge is 0.464 e. The van der Waals surface area contributed by atoms with Gasteiger partial charge in [-0.05, 0) is 19.8 Å². The fraction of sp³-hybridized carbons (Fsp3) is 0.833. The summed E-state index contributed by atoms with van der Waals surface area (Å²) in [7, 11) is 0. The van der Waals surface area contributed by atoms with Crippen LogP contribution in [0.2, 0.25) is 0 Å². The first kappa shape index (κ1) is 14.9. The second kappa shape index (κ2) is 7.25. The molecule has 94 valence electrons. The number of hydrogen-bond donors (Lipinski definition) is 1. The Bertz CT molecular complexity index is 240. The molecule has 0 fully saturated rings. The van der Waals surface area contributed by atoms with E-state index in [1.54, 1.807) is 6.92 Å². The lowest BCUT2D eigenvalue weighted by Crippen LogP contribution is -2.54. The topological polar surface area (TPSA) is 55.4 Å². The third-order valence-corrected chi connectivity index (χ3v) is 2.64. The summed E-state index contributed by atoms with van der Waals surface area (Å²) in [5, 5.41) is 2.75. The number of nitrogens with one attached hydrogen (secondary N) is 1. The van der Waals surface area contributed by atoms with Crippen molar-refractivity contribution in [3.8, 4) is 0 Å². The average Bonchev–Trinajstić information content (AvgIpc) is 2.24. The van der Waals surface area contributed by atoms with E-state index in [1.807, 2.05) is 6.92 Å². The zero-order valence-electron chi connectivity index (χ0n) is 10.8. The molecule has 1 atom stereocenters. The monoisotopic (exact) mass is 229 g/mol. The van der Waals surface area contributed by atoms with Gasteiger partial charge in [-0.15, -0.1) is 0 Å². The molecule has 0 aromatic rings. The van der Waals surface area contributed by atoms with Gasteiger partial charge >= 0.3 is 5.97 Å². The number of carbonyl (C=O) groups excluding carboxylic acids is 2. The number of carbonyl (C=O) groups is 2.